The van der Waals surface area contributed by atoms with Crippen LogP contribution in [0.1, 0.15) is 23.1 Å². The first kappa shape index (κ1) is 12.8. The Balaban J connectivity index is 2.19. The molecule has 0 fully saturated rings. The molecule has 4 nitrogen and oxygen atoms in total. The molecule has 0 saturated carbocycles. The normalized spacial score (nSPS) is 12.7. The van der Waals surface area contributed by atoms with Crippen LogP contribution in [0.15, 0.2) is 27.8 Å². The summed E-state index contributed by atoms with van der Waals surface area (Å²) in [5, 5.41) is 18.8. The largest absolute Gasteiger partial charge is 0.463 e. The van der Waals surface area contributed by atoms with Gasteiger partial charge in [0.05, 0.1) is 23.6 Å². The zero-order valence-electron chi connectivity index (χ0n) is 10.7. The van der Waals surface area contributed by atoms with Gasteiger partial charge in [-0.3, -0.25) is 0 Å². The Morgan fingerprint density at radius 1 is 1.30 bits per heavy atom. The zero-order valence-corrected chi connectivity index (χ0v) is 11.5. The molecule has 0 atom stereocenters. The summed E-state index contributed by atoms with van der Waals surface area (Å²) >= 11 is 1.31. The van der Waals surface area contributed by atoms with Crippen molar-refractivity contribution < 1.29 is 4.42 Å². The van der Waals surface area contributed by atoms with Gasteiger partial charge in [0.2, 0.25) is 0 Å². The van der Waals surface area contributed by atoms with E-state index in [1.54, 1.807) is 6.26 Å². The van der Waals surface area contributed by atoms with Crippen molar-refractivity contribution >= 4 is 11.8 Å². The molecule has 0 spiro atoms. The third kappa shape index (κ3) is 2.07. The van der Waals surface area contributed by atoms with E-state index in [2.05, 4.69) is 17.1 Å². The fourth-order valence-corrected chi connectivity index (χ4v) is 3.24. The molecule has 0 amide bonds. The van der Waals surface area contributed by atoms with E-state index in [0.717, 1.165) is 41.8 Å². The Kier molecular flexibility index (Phi) is 3.45. The minimum absolute atomic E-state index is 0.290. The number of nitrogens with zero attached hydrogens (tertiary/aromatic N) is 3. The van der Waals surface area contributed by atoms with Crippen LogP contribution in [0.25, 0.3) is 11.5 Å². The standard InChI is InChI=1S/C15H11N3OS/c16-6-8-20-15-12(9-17)10-3-1-4-11(10)14(18-15)13-5-2-7-19-13/h2,5,7H,1,3-4,8H2. The molecular weight excluding hydrogens is 270 g/mol. The van der Waals surface area contributed by atoms with Crippen molar-refractivity contribution in [2.45, 2.75) is 24.3 Å². The number of thioether (sulfide) groups is 1. The summed E-state index contributed by atoms with van der Waals surface area (Å²) in [6, 6.07) is 8.05. The van der Waals surface area contributed by atoms with Gasteiger partial charge in [0, 0.05) is 0 Å². The fourth-order valence-electron chi connectivity index (χ4n) is 2.57. The fraction of sp³-hybridized carbons (Fsp3) is 0.267. The van der Waals surface area contributed by atoms with Crippen LogP contribution in [0, 0.1) is 22.7 Å². The van der Waals surface area contributed by atoms with Gasteiger partial charge in [0.15, 0.2) is 5.76 Å². The highest BCUT2D eigenvalue weighted by Gasteiger charge is 2.25. The second kappa shape index (κ2) is 5.40. The van der Waals surface area contributed by atoms with Crippen LogP contribution in [0.4, 0.5) is 0 Å². The number of aromatic nitrogens is 1. The molecular formula is C15H11N3OS. The van der Waals surface area contributed by atoms with Gasteiger partial charge in [-0.2, -0.15) is 10.5 Å². The summed E-state index contributed by atoms with van der Waals surface area (Å²) in [6.07, 6.45) is 4.48. The summed E-state index contributed by atoms with van der Waals surface area (Å²) in [6.45, 7) is 0. The first-order valence-corrected chi connectivity index (χ1v) is 7.33. The molecule has 20 heavy (non-hydrogen) atoms. The number of nitriles is 2. The van der Waals surface area contributed by atoms with Gasteiger partial charge < -0.3 is 4.42 Å². The third-order valence-corrected chi connectivity index (χ3v) is 4.21. The van der Waals surface area contributed by atoms with Gasteiger partial charge in [-0.1, -0.05) is 11.8 Å². The van der Waals surface area contributed by atoms with Crippen LogP contribution in [-0.2, 0) is 12.8 Å². The first-order chi connectivity index (χ1) is 9.85. The van der Waals surface area contributed by atoms with E-state index in [9.17, 15) is 5.26 Å². The van der Waals surface area contributed by atoms with Gasteiger partial charge in [-0.15, -0.1) is 0 Å². The quantitative estimate of drug-likeness (QED) is 0.807. The highest BCUT2D eigenvalue weighted by atomic mass is 32.2. The van der Waals surface area contributed by atoms with Gasteiger partial charge in [-0.25, -0.2) is 4.98 Å². The van der Waals surface area contributed by atoms with Gasteiger partial charge in [-0.05, 0) is 42.5 Å². The van der Waals surface area contributed by atoms with Crippen molar-refractivity contribution in [1.29, 1.82) is 10.5 Å². The Bertz CT molecular complexity index is 723. The van der Waals surface area contributed by atoms with Crippen molar-refractivity contribution in [3.8, 4) is 23.6 Å². The second-order valence-electron chi connectivity index (χ2n) is 4.49. The molecule has 1 aliphatic rings. The number of hydrogen-bond acceptors (Lipinski definition) is 5. The molecule has 98 valence electrons. The van der Waals surface area contributed by atoms with Crippen molar-refractivity contribution in [2.75, 3.05) is 5.75 Å². The number of pyridine rings is 1. The van der Waals surface area contributed by atoms with Gasteiger partial charge >= 0.3 is 0 Å². The minimum Gasteiger partial charge on any atom is -0.463 e. The monoisotopic (exact) mass is 281 g/mol. The van der Waals surface area contributed by atoms with Crippen molar-refractivity contribution in [2.24, 2.45) is 0 Å². The number of fused-ring (bicyclic) bond motifs is 1. The average molecular weight is 281 g/mol. The first-order valence-electron chi connectivity index (χ1n) is 6.34. The third-order valence-electron chi connectivity index (χ3n) is 3.37. The van der Waals surface area contributed by atoms with Crippen LogP contribution >= 0.6 is 11.8 Å². The summed E-state index contributed by atoms with van der Waals surface area (Å²) in [5.41, 5.74) is 3.65. The molecule has 0 bridgehead atoms. The summed E-state index contributed by atoms with van der Waals surface area (Å²) in [4.78, 5) is 4.59. The predicted molar refractivity (Wildman–Crippen MR) is 75.0 cm³/mol. The van der Waals surface area contributed by atoms with E-state index in [-0.39, 0.29) is 5.75 Å². The smallest absolute Gasteiger partial charge is 0.152 e. The molecule has 0 N–H and O–H groups in total. The molecule has 2 aromatic rings. The molecule has 0 radical (unpaired) electrons. The van der Waals surface area contributed by atoms with E-state index < -0.39 is 0 Å². The molecule has 2 heterocycles. The highest BCUT2D eigenvalue weighted by molar-refractivity contribution is 7.99. The van der Waals surface area contributed by atoms with Crippen LogP contribution in [0.3, 0.4) is 0 Å². The van der Waals surface area contributed by atoms with Crippen LogP contribution in [0.2, 0.25) is 0 Å². The van der Waals surface area contributed by atoms with Crippen LogP contribution < -0.4 is 0 Å². The Labute approximate surface area is 121 Å². The van der Waals surface area contributed by atoms with Crippen molar-refractivity contribution in [3.05, 3.63) is 35.1 Å². The molecule has 1 aliphatic carbocycles. The lowest BCUT2D eigenvalue weighted by Crippen LogP contribution is -2.00. The summed E-state index contributed by atoms with van der Waals surface area (Å²) in [7, 11) is 0. The van der Waals surface area contributed by atoms with Crippen LogP contribution in [-0.4, -0.2) is 10.7 Å². The number of furan rings is 1. The van der Waals surface area contributed by atoms with Gasteiger partial charge in [0.1, 0.15) is 16.8 Å². The molecule has 2 aromatic heterocycles. The van der Waals surface area contributed by atoms with Crippen molar-refractivity contribution in [1.82, 2.24) is 4.98 Å². The Hall–Kier alpha value is -2.24. The van der Waals surface area contributed by atoms with E-state index in [4.69, 9.17) is 9.68 Å². The maximum Gasteiger partial charge on any atom is 0.152 e. The van der Waals surface area contributed by atoms with Crippen LogP contribution in [0.5, 0.6) is 0 Å². The van der Waals surface area contributed by atoms with E-state index in [0.29, 0.717) is 10.6 Å². The lowest BCUT2D eigenvalue weighted by Gasteiger charge is -2.11. The average Bonchev–Trinajstić information content (AvgIpc) is 3.14. The summed E-state index contributed by atoms with van der Waals surface area (Å²) < 4.78 is 5.46. The Morgan fingerprint density at radius 2 is 2.15 bits per heavy atom. The van der Waals surface area contributed by atoms with Crippen molar-refractivity contribution in [3.63, 3.8) is 0 Å². The molecule has 0 aliphatic heterocycles. The van der Waals surface area contributed by atoms with Gasteiger partial charge in [0.25, 0.3) is 0 Å². The maximum absolute atomic E-state index is 9.39. The molecule has 5 heteroatoms. The molecule has 0 aromatic carbocycles. The number of hydrogen-bond donors (Lipinski definition) is 0. The van der Waals surface area contributed by atoms with E-state index in [1.165, 1.54) is 11.8 Å². The maximum atomic E-state index is 9.39. The molecule has 0 saturated heterocycles. The zero-order chi connectivity index (χ0) is 13.9. The molecule has 3 rings (SSSR count). The topological polar surface area (TPSA) is 73.6 Å². The summed E-state index contributed by atoms with van der Waals surface area (Å²) in [5.74, 6) is 1.02. The number of rotatable bonds is 3. The lowest BCUT2D eigenvalue weighted by molar-refractivity contribution is 0.578. The van der Waals surface area contributed by atoms with E-state index in [1.807, 2.05) is 12.1 Å². The molecule has 0 unspecified atom stereocenters. The minimum atomic E-state index is 0.290. The predicted octanol–water partition coefficient (Wildman–Crippen LogP) is 3.32. The van der Waals surface area contributed by atoms with E-state index >= 15 is 0 Å². The second-order valence-corrected chi connectivity index (χ2v) is 5.45. The SMILES string of the molecule is N#CCSc1nc(-c2ccco2)c2c(c1C#N)CCC2. The lowest BCUT2D eigenvalue weighted by atomic mass is 10.0. The highest BCUT2D eigenvalue weighted by Crippen LogP contribution is 2.37. The Morgan fingerprint density at radius 3 is 2.85 bits per heavy atom.